The van der Waals surface area contributed by atoms with Crippen LogP contribution < -0.4 is 5.32 Å². The molecule has 1 amide bonds. The summed E-state index contributed by atoms with van der Waals surface area (Å²) >= 11 is 0. The Morgan fingerprint density at radius 3 is 2.59 bits per heavy atom. The molecule has 27 heavy (non-hydrogen) atoms. The van der Waals surface area contributed by atoms with E-state index in [0.717, 1.165) is 22.6 Å². The van der Waals surface area contributed by atoms with Crippen LogP contribution >= 0.6 is 0 Å². The molecular formula is C20H16N6O. The molecule has 7 heteroatoms. The Balaban J connectivity index is 1.44. The molecule has 0 saturated carbocycles. The van der Waals surface area contributed by atoms with Gasteiger partial charge in [0.25, 0.3) is 5.91 Å². The van der Waals surface area contributed by atoms with Crippen molar-refractivity contribution >= 4 is 5.91 Å². The van der Waals surface area contributed by atoms with Crippen LogP contribution in [-0.4, -0.2) is 30.6 Å². The first kappa shape index (κ1) is 16.6. The minimum absolute atomic E-state index is 0.145. The molecular weight excluding hydrogens is 340 g/mol. The third-order valence-electron chi connectivity index (χ3n) is 3.99. The summed E-state index contributed by atoms with van der Waals surface area (Å²) in [6.45, 7) is 0.391. The van der Waals surface area contributed by atoms with Crippen molar-refractivity contribution in [1.82, 2.24) is 30.0 Å². The number of hydrogen-bond donors (Lipinski definition) is 1. The lowest BCUT2D eigenvalue weighted by Gasteiger charge is -2.06. The lowest BCUT2D eigenvalue weighted by Crippen LogP contribution is -2.23. The highest BCUT2D eigenvalue weighted by Gasteiger charge is 2.08. The van der Waals surface area contributed by atoms with Crippen LogP contribution in [0, 0.1) is 0 Å². The Hall–Kier alpha value is -3.87. The number of pyridine rings is 1. The summed E-state index contributed by atoms with van der Waals surface area (Å²) in [7, 11) is 0. The molecule has 0 spiro atoms. The molecule has 1 aromatic carbocycles. The summed E-state index contributed by atoms with van der Waals surface area (Å²) < 4.78 is 1.74. The van der Waals surface area contributed by atoms with Gasteiger partial charge in [-0.15, -0.1) is 0 Å². The second kappa shape index (κ2) is 7.57. The van der Waals surface area contributed by atoms with Crippen LogP contribution in [0.15, 0.2) is 79.6 Å². The normalized spacial score (nSPS) is 10.5. The van der Waals surface area contributed by atoms with Gasteiger partial charge in [0.1, 0.15) is 0 Å². The van der Waals surface area contributed by atoms with Gasteiger partial charge in [0.15, 0.2) is 0 Å². The Bertz CT molecular complexity index is 1030. The van der Waals surface area contributed by atoms with E-state index in [1.807, 2.05) is 36.5 Å². The van der Waals surface area contributed by atoms with E-state index in [2.05, 4.69) is 25.4 Å². The smallest absolute Gasteiger partial charge is 0.251 e. The van der Waals surface area contributed by atoms with Gasteiger partial charge in [-0.3, -0.25) is 19.7 Å². The Morgan fingerprint density at radius 1 is 0.963 bits per heavy atom. The van der Waals surface area contributed by atoms with Crippen molar-refractivity contribution in [2.75, 3.05) is 0 Å². The van der Waals surface area contributed by atoms with Crippen LogP contribution in [-0.2, 0) is 6.54 Å². The summed E-state index contributed by atoms with van der Waals surface area (Å²) in [5.41, 5.74) is 3.88. The highest BCUT2D eigenvalue weighted by Crippen LogP contribution is 2.17. The van der Waals surface area contributed by atoms with Gasteiger partial charge in [0, 0.05) is 35.9 Å². The van der Waals surface area contributed by atoms with E-state index in [4.69, 9.17) is 0 Å². The van der Waals surface area contributed by atoms with Gasteiger partial charge in [-0.1, -0.05) is 6.07 Å². The van der Waals surface area contributed by atoms with E-state index >= 15 is 0 Å². The molecule has 4 aromatic rings. The largest absolute Gasteiger partial charge is 0.346 e. The van der Waals surface area contributed by atoms with Crippen molar-refractivity contribution < 1.29 is 4.79 Å². The van der Waals surface area contributed by atoms with Crippen molar-refractivity contribution in [1.29, 1.82) is 0 Å². The topological polar surface area (TPSA) is 85.6 Å². The quantitative estimate of drug-likeness (QED) is 0.594. The number of aromatic nitrogens is 5. The number of carbonyl (C=O) groups excluding carboxylic acids is 1. The molecule has 0 saturated heterocycles. The van der Waals surface area contributed by atoms with Crippen LogP contribution in [0.3, 0.4) is 0 Å². The summed E-state index contributed by atoms with van der Waals surface area (Å²) in [5.74, 6) is -0.145. The van der Waals surface area contributed by atoms with E-state index in [-0.39, 0.29) is 5.91 Å². The molecule has 0 atom stereocenters. The SMILES string of the molecule is O=C(NCc1ccccn1)c1ccc(-n2cc(-c3cnccn3)cn2)cc1. The molecule has 3 aromatic heterocycles. The second-order valence-corrected chi connectivity index (χ2v) is 5.81. The first-order valence-electron chi connectivity index (χ1n) is 8.39. The maximum atomic E-state index is 12.3. The monoisotopic (exact) mass is 356 g/mol. The average molecular weight is 356 g/mol. The highest BCUT2D eigenvalue weighted by molar-refractivity contribution is 5.94. The van der Waals surface area contributed by atoms with Crippen LogP contribution in [0.1, 0.15) is 16.1 Å². The number of nitrogens with zero attached hydrogens (tertiary/aromatic N) is 5. The Morgan fingerprint density at radius 2 is 1.85 bits per heavy atom. The predicted octanol–water partition coefficient (Wildman–Crippen LogP) is 2.65. The lowest BCUT2D eigenvalue weighted by molar-refractivity contribution is 0.0950. The lowest BCUT2D eigenvalue weighted by atomic mass is 10.2. The molecule has 0 fully saturated rings. The third kappa shape index (κ3) is 3.87. The van der Waals surface area contributed by atoms with Crippen molar-refractivity contribution in [3.63, 3.8) is 0 Å². The van der Waals surface area contributed by atoms with Crippen molar-refractivity contribution in [3.8, 4) is 16.9 Å². The minimum Gasteiger partial charge on any atom is -0.346 e. The number of amides is 1. The Labute approximate surface area is 155 Å². The first-order valence-corrected chi connectivity index (χ1v) is 8.39. The summed E-state index contributed by atoms with van der Waals surface area (Å²) in [6, 6.07) is 12.8. The maximum Gasteiger partial charge on any atom is 0.251 e. The summed E-state index contributed by atoms with van der Waals surface area (Å²) in [6.07, 6.45) is 10.3. The standard InChI is InChI=1S/C20H16N6O/c27-20(24-12-17-3-1-2-8-22-17)15-4-6-18(7-5-15)26-14-16(11-25-26)19-13-21-9-10-23-19/h1-11,13-14H,12H2,(H,24,27). The molecule has 132 valence electrons. The minimum atomic E-state index is -0.145. The van der Waals surface area contributed by atoms with Crippen molar-refractivity contribution in [2.45, 2.75) is 6.54 Å². The van der Waals surface area contributed by atoms with Crippen LogP contribution in [0.5, 0.6) is 0 Å². The molecule has 0 aliphatic carbocycles. The summed E-state index contributed by atoms with van der Waals surface area (Å²) in [5, 5.41) is 7.21. The molecule has 1 N–H and O–H groups in total. The molecule has 3 heterocycles. The van der Waals surface area contributed by atoms with E-state index < -0.39 is 0 Å². The molecule has 0 aliphatic rings. The fourth-order valence-corrected chi connectivity index (χ4v) is 2.59. The van der Waals surface area contributed by atoms with Gasteiger partial charge >= 0.3 is 0 Å². The van der Waals surface area contributed by atoms with E-state index in [1.54, 1.807) is 47.8 Å². The second-order valence-electron chi connectivity index (χ2n) is 5.81. The van der Waals surface area contributed by atoms with Gasteiger partial charge in [-0.2, -0.15) is 5.10 Å². The zero-order valence-corrected chi connectivity index (χ0v) is 14.4. The van der Waals surface area contributed by atoms with Crippen molar-refractivity contribution in [3.05, 3.63) is 90.9 Å². The van der Waals surface area contributed by atoms with Gasteiger partial charge in [0.05, 0.1) is 36.0 Å². The maximum absolute atomic E-state index is 12.3. The van der Waals surface area contributed by atoms with Crippen LogP contribution in [0.2, 0.25) is 0 Å². The molecule has 0 bridgehead atoms. The zero-order chi connectivity index (χ0) is 18.5. The van der Waals surface area contributed by atoms with E-state index in [9.17, 15) is 4.79 Å². The molecule has 0 unspecified atom stereocenters. The first-order chi connectivity index (χ1) is 13.3. The number of carbonyl (C=O) groups is 1. The highest BCUT2D eigenvalue weighted by atomic mass is 16.1. The fraction of sp³-hybridized carbons (Fsp3) is 0.0500. The van der Waals surface area contributed by atoms with Crippen molar-refractivity contribution in [2.24, 2.45) is 0 Å². The summed E-state index contributed by atoms with van der Waals surface area (Å²) in [4.78, 5) is 24.8. The Kier molecular flexibility index (Phi) is 4.65. The number of nitrogens with one attached hydrogen (secondary N) is 1. The molecule has 0 aliphatic heterocycles. The number of benzene rings is 1. The third-order valence-corrected chi connectivity index (χ3v) is 3.99. The van der Waals surface area contributed by atoms with Gasteiger partial charge in [-0.05, 0) is 36.4 Å². The number of hydrogen-bond acceptors (Lipinski definition) is 5. The van der Waals surface area contributed by atoms with E-state index in [1.165, 1.54) is 0 Å². The zero-order valence-electron chi connectivity index (χ0n) is 14.4. The molecule has 7 nitrogen and oxygen atoms in total. The van der Waals surface area contributed by atoms with E-state index in [0.29, 0.717) is 12.1 Å². The van der Waals surface area contributed by atoms with Gasteiger partial charge in [0.2, 0.25) is 0 Å². The predicted molar refractivity (Wildman–Crippen MR) is 100.0 cm³/mol. The average Bonchev–Trinajstić information content (AvgIpc) is 3.24. The van der Waals surface area contributed by atoms with Crippen LogP contribution in [0.25, 0.3) is 16.9 Å². The fourth-order valence-electron chi connectivity index (χ4n) is 2.59. The van der Waals surface area contributed by atoms with Crippen LogP contribution in [0.4, 0.5) is 0 Å². The molecule has 0 radical (unpaired) electrons. The number of rotatable bonds is 5. The molecule has 4 rings (SSSR count). The van der Waals surface area contributed by atoms with Gasteiger partial charge < -0.3 is 5.32 Å². The van der Waals surface area contributed by atoms with Gasteiger partial charge in [-0.25, -0.2) is 4.68 Å².